The van der Waals surface area contributed by atoms with Gasteiger partial charge in [-0.15, -0.1) is 0 Å². The number of aliphatic hydroxyl groups is 8. The molecule has 0 radical (unpaired) electrons. The van der Waals surface area contributed by atoms with Crippen molar-refractivity contribution in [2.45, 2.75) is 73.9 Å². The number of amides is 2. The number of nitrogens with one attached hydrogen (secondary N) is 2. The van der Waals surface area contributed by atoms with Gasteiger partial charge in [0, 0.05) is 39.3 Å². The van der Waals surface area contributed by atoms with Gasteiger partial charge in [0.1, 0.15) is 48.8 Å². The van der Waals surface area contributed by atoms with Gasteiger partial charge in [-0.3, -0.25) is 14.5 Å². The van der Waals surface area contributed by atoms with Crippen LogP contribution >= 0.6 is 27.0 Å². The van der Waals surface area contributed by atoms with E-state index < -0.39 is 86.1 Å². The van der Waals surface area contributed by atoms with Gasteiger partial charge < -0.3 is 66.7 Å². The maximum absolute atomic E-state index is 12.3. The molecule has 2 fully saturated rings. The molecule has 0 aromatic heterocycles. The smallest absolute Gasteiger partial charge is 0.222 e. The lowest BCUT2D eigenvalue weighted by atomic mass is 9.93. The predicted octanol–water partition coefficient (Wildman–Crippen LogP) is -6.83. The van der Waals surface area contributed by atoms with Crippen molar-refractivity contribution in [1.29, 1.82) is 0 Å². The summed E-state index contributed by atoms with van der Waals surface area (Å²) in [6.07, 6.45) is -14.1. The average molecular weight is 623 g/mol. The Bertz CT molecular complexity index is 688. The van der Waals surface area contributed by atoms with E-state index in [-0.39, 0.29) is 52.9 Å². The summed E-state index contributed by atoms with van der Waals surface area (Å²) in [5, 5.41) is 83.2. The van der Waals surface area contributed by atoms with Crippen molar-refractivity contribution in [3.63, 3.8) is 0 Å². The number of carbonyl (C=O) groups is 2. The molecule has 0 aliphatic carbocycles. The molecule has 40 heavy (non-hydrogen) atoms. The van der Waals surface area contributed by atoms with Gasteiger partial charge in [-0.2, -0.15) is 27.0 Å². The maximum Gasteiger partial charge on any atom is 0.222 e. The summed E-state index contributed by atoms with van der Waals surface area (Å²) in [6, 6.07) is 0. The Balaban J connectivity index is 0.00000760. The summed E-state index contributed by atoms with van der Waals surface area (Å²) in [4.78, 5) is 26.5. The molecule has 0 unspecified atom stereocenters. The molecule has 0 bridgehead atoms. The fourth-order valence-corrected chi connectivity index (χ4v) is 4.43. The van der Waals surface area contributed by atoms with Gasteiger partial charge in [-0.25, -0.2) is 0 Å². The van der Waals surface area contributed by atoms with Crippen LogP contribution in [0.2, 0.25) is 0 Å². The van der Waals surface area contributed by atoms with Crippen molar-refractivity contribution in [1.82, 2.24) is 15.5 Å². The monoisotopic (exact) mass is 622 g/mol. The van der Waals surface area contributed by atoms with Gasteiger partial charge in [0.15, 0.2) is 0 Å². The van der Waals surface area contributed by atoms with Gasteiger partial charge in [0.2, 0.25) is 11.8 Å². The Labute approximate surface area is 246 Å². The fraction of sp³-hybridized carbons (Fsp3) is 0.909. The van der Waals surface area contributed by atoms with E-state index in [1.54, 1.807) is 0 Å². The first kappa shape index (κ1) is 39.2. The number of nitrogens with zero attached hydrogens (tertiary/aromatic N) is 1. The minimum atomic E-state index is -1.56. The molecule has 0 aromatic carbocycles. The van der Waals surface area contributed by atoms with Crippen molar-refractivity contribution in [2.75, 3.05) is 52.5 Å². The van der Waals surface area contributed by atoms with Crippen molar-refractivity contribution in [3.8, 4) is 0 Å². The van der Waals surface area contributed by atoms with Gasteiger partial charge in [-0.1, -0.05) is 0 Å². The van der Waals surface area contributed by atoms with Crippen molar-refractivity contribution >= 4 is 38.8 Å². The molecule has 12 N–H and O–H groups in total. The quantitative estimate of drug-likeness (QED) is 0.0860. The average Bonchev–Trinajstić information content (AvgIpc) is 2.89. The van der Waals surface area contributed by atoms with Crippen LogP contribution in [0.25, 0.3) is 0 Å². The molecule has 2 amide bonds. The maximum atomic E-state index is 12.3. The van der Waals surface area contributed by atoms with E-state index in [4.69, 9.17) is 15.2 Å². The SMILES string of the molecule is NCCN(CCNC(=O)C[C@@H]1O[C@H](CO)[C@H](O)[C@H](O)[C@H]1O)CCNC(=O)C[C@@H]1O[C@H](CO)[C@H](O)[C@H](O)[C@H]1O.S.S. The number of aliphatic hydroxyl groups excluding tert-OH is 8. The Kier molecular flexibility index (Phi) is 19.0. The highest BCUT2D eigenvalue weighted by atomic mass is 32.1. The molecule has 0 saturated carbocycles. The van der Waals surface area contributed by atoms with E-state index >= 15 is 0 Å². The Morgan fingerprint density at radius 3 is 1.30 bits per heavy atom. The minimum Gasteiger partial charge on any atom is -0.394 e. The Morgan fingerprint density at radius 2 is 0.975 bits per heavy atom. The zero-order valence-corrected chi connectivity index (χ0v) is 24.1. The van der Waals surface area contributed by atoms with Crippen molar-refractivity contribution in [3.05, 3.63) is 0 Å². The normalized spacial score (nSPS) is 34.0. The molecule has 18 heteroatoms. The molecule has 16 nitrogen and oxygen atoms in total. The van der Waals surface area contributed by atoms with Crippen LogP contribution in [0.4, 0.5) is 0 Å². The summed E-state index contributed by atoms with van der Waals surface area (Å²) < 4.78 is 10.7. The zero-order chi connectivity index (χ0) is 28.4. The second-order valence-electron chi connectivity index (χ2n) is 9.47. The van der Waals surface area contributed by atoms with Gasteiger partial charge in [-0.05, 0) is 0 Å². The Morgan fingerprint density at radius 1 is 0.625 bits per heavy atom. The van der Waals surface area contributed by atoms with Gasteiger partial charge in [0.25, 0.3) is 0 Å². The highest BCUT2D eigenvalue weighted by Gasteiger charge is 2.45. The number of carbonyl (C=O) groups excluding carboxylic acids is 2. The molecule has 0 aromatic rings. The topological polar surface area (TPSA) is 268 Å². The third-order valence-electron chi connectivity index (χ3n) is 6.70. The van der Waals surface area contributed by atoms with Crippen LogP contribution in [0.1, 0.15) is 12.8 Å². The fourth-order valence-electron chi connectivity index (χ4n) is 4.43. The van der Waals surface area contributed by atoms with E-state index in [9.17, 15) is 50.4 Å². The third-order valence-corrected chi connectivity index (χ3v) is 6.70. The molecule has 2 aliphatic heterocycles. The van der Waals surface area contributed by atoms with Gasteiger partial charge >= 0.3 is 0 Å². The van der Waals surface area contributed by atoms with E-state index in [0.717, 1.165) is 0 Å². The molecule has 238 valence electrons. The zero-order valence-electron chi connectivity index (χ0n) is 22.1. The lowest BCUT2D eigenvalue weighted by molar-refractivity contribution is -0.229. The third kappa shape index (κ3) is 11.1. The van der Waals surface area contributed by atoms with Crippen molar-refractivity contribution in [2.24, 2.45) is 5.73 Å². The number of hydrogen-bond donors (Lipinski definition) is 11. The molecule has 2 heterocycles. The lowest BCUT2D eigenvalue weighted by Gasteiger charge is -2.39. The first-order chi connectivity index (χ1) is 18.0. The standard InChI is InChI=1S/C22H42N4O12.2H2S/c23-1-4-26(5-2-24-15(29)7-11-17(31)21(35)19(33)13(9-27)37-11)6-3-25-16(30)8-12-18(32)22(36)20(34)14(10-28)38-12;;/h11-14,17-22,27-28,31-36H,1-10,23H2,(H,24,29)(H,25,30);2*1H2/t11-,12-,13+,14+,17-,18-,19-,20-,21+,22+;;/m0../s1. The molecule has 0 spiro atoms. The molecule has 2 aliphatic rings. The highest BCUT2D eigenvalue weighted by molar-refractivity contribution is 7.59. The molecule has 10 atom stereocenters. The van der Waals surface area contributed by atoms with Crippen LogP contribution in [0, 0.1) is 0 Å². The van der Waals surface area contributed by atoms with E-state index in [0.29, 0.717) is 26.2 Å². The van der Waals surface area contributed by atoms with Crippen LogP contribution in [0.5, 0.6) is 0 Å². The predicted molar refractivity (Wildman–Crippen MR) is 149 cm³/mol. The number of hydrogen-bond acceptors (Lipinski definition) is 14. The molecular weight excluding hydrogens is 576 g/mol. The molecule has 2 saturated heterocycles. The molecular formula is C22H46N4O12S2. The Hall–Kier alpha value is -0.840. The second kappa shape index (κ2) is 19.4. The van der Waals surface area contributed by atoms with E-state index in [1.807, 2.05) is 4.90 Å². The summed E-state index contributed by atoms with van der Waals surface area (Å²) in [7, 11) is 0. The van der Waals surface area contributed by atoms with Crippen LogP contribution < -0.4 is 16.4 Å². The largest absolute Gasteiger partial charge is 0.394 e. The number of ether oxygens (including phenoxy) is 2. The first-order valence-electron chi connectivity index (χ1n) is 12.6. The second-order valence-corrected chi connectivity index (χ2v) is 9.47. The van der Waals surface area contributed by atoms with Crippen LogP contribution in [0.3, 0.4) is 0 Å². The van der Waals surface area contributed by atoms with Crippen LogP contribution in [-0.4, -0.2) is 171 Å². The summed E-state index contributed by atoms with van der Waals surface area (Å²) >= 11 is 0. The van der Waals surface area contributed by atoms with Crippen molar-refractivity contribution < 1.29 is 59.9 Å². The van der Waals surface area contributed by atoms with E-state index in [2.05, 4.69) is 10.6 Å². The summed E-state index contributed by atoms with van der Waals surface area (Å²) in [5.41, 5.74) is 5.64. The summed E-state index contributed by atoms with van der Waals surface area (Å²) in [5.74, 6) is -0.954. The minimum absolute atomic E-state index is 0. The van der Waals surface area contributed by atoms with Crippen LogP contribution in [0.15, 0.2) is 0 Å². The van der Waals surface area contributed by atoms with E-state index in [1.165, 1.54) is 0 Å². The highest BCUT2D eigenvalue weighted by Crippen LogP contribution is 2.24. The van der Waals surface area contributed by atoms with Crippen LogP contribution in [-0.2, 0) is 19.1 Å². The van der Waals surface area contributed by atoms with Gasteiger partial charge in [0.05, 0.1) is 38.3 Å². The lowest BCUT2D eigenvalue weighted by Crippen LogP contribution is -2.59. The first-order valence-corrected chi connectivity index (χ1v) is 12.6. The number of nitrogens with two attached hydrogens (primary N) is 1. The molecule has 2 rings (SSSR count). The summed E-state index contributed by atoms with van der Waals surface area (Å²) in [6.45, 7) is 0.764. The number of rotatable bonds is 14.